The lowest BCUT2D eigenvalue weighted by molar-refractivity contribution is -0.115. The molecule has 0 aromatic carbocycles. The zero-order valence-corrected chi connectivity index (χ0v) is 6.61. The Bertz CT molecular complexity index is 299. The maximum atomic E-state index is 11.1. The van der Waals surface area contributed by atoms with Gasteiger partial charge in [-0.05, 0) is 6.08 Å². The van der Waals surface area contributed by atoms with Crippen LogP contribution in [0.3, 0.4) is 0 Å². The summed E-state index contributed by atoms with van der Waals surface area (Å²) in [6.07, 6.45) is 3.77. The second-order valence-corrected chi connectivity index (χ2v) is 3.53. The number of carbonyl (C=O) groups excluding carboxylic acids is 2. The number of rotatable bonds is 0. The molecule has 0 bridgehead atoms. The van der Waals surface area contributed by atoms with Crippen LogP contribution in [0.25, 0.3) is 0 Å². The van der Waals surface area contributed by atoms with Gasteiger partial charge in [0.1, 0.15) is 0 Å². The largest absolute Gasteiger partial charge is 0.294 e. The third-order valence-electron chi connectivity index (χ3n) is 1.72. The maximum Gasteiger partial charge on any atom is 0.174 e. The van der Waals surface area contributed by atoms with E-state index in [2.05, 4.69) is 0 Å². The monoisotopic (exact) mass is 166 g/mol. The third kappa shape index (κ3) is 1.05. The highest BCUT2D eigenvalue weighted by Crippen LogP contribution is 2.35. The van der Waals surface area contributed by atoms with E-state index in [1.54, 1.807) is 0 Å². The summed E-state index contributed by atoms with van der Waals surface area (Å²) >= 11 is 1.53. The lowest BCUT2D eigenvalue weighted by Gasteiger charge is -2.02. The highest BCUT2D eigenvalue weighted by atomic mass is 32.2. The molecular formula is C8H6O2S. The van der Waals surface area contributed by atoms with Gasteiger partial charge in [0.25, 0.3) is 0 Å². The van der Waals surface area contributed by atoms with Crippen LogP contribution < -0.4 is 0 Å². The predicted molar refractivity (Wildman–Crippen MR) is 43.3 cm³/mol. The first-order valence-corrected chi connectivity index (χ1v) is 4.37. The van der Waals surface area contributed by atoms with Crippen LogP contribution in [0.4, 0.5) is 0 Å². The van der Waals surface area contributed by atoms with Gasteiger partial charge in [0.15, 0.2) is 11.6 Å². The van der Waals surface area contributed by atoms with Gasteiger partial charge in [-0.3, -0.25) is 9.59 Å². The van der Waals surface area contributed by atoms with Crippen molar-refractivity contribution in [2.45, 2.75) is 6.42 Å². The summed E-state index contributed by atoms with van der Waals surface area (Å²) < 4.78 is 0. The molecule has 56 valence electrons. The van der Waals surface area contributed by atoms with Gasteiger partial charge in [-0.15, -0.1) is 11.8 Å². The van der Waals surface area contributed by atoms with E-state index < -0.39 is 0 Å². The molecule has 2 nitrogen and oxygen atoms in total. The van der Waals surface area contributed by atoms with Crippen molar-refractivity contribution < 1.29 is 9.59 Å². The smallest absolute Gasteiger partial charge is 0.174 e. The second-order valence-electron chi connectivity index (χ2n) is 2.51. The van der Waals surface area contributed by atoms with E-state index in [0.717, 1.165) is 4.91 Å². The molecule has 1 fully saturated rings. The number of fused-ring (bicyclic) bond motifs is 1. The molecule has 2 rings (SSSR count). The quantitative estimate of drug-likeness (QED) is 0.540. The standard InChI is InChI=1S/C8H6O2S/c9-5-1-2-8-6(3-5)7(10)4-11-8/h2-3H,1,4H2. The lowest BCUT2D eigenvalue weighted by Crippen LogP contribution is -2.04. The molecule has 0 unspecified atom stereocenters. The Morgan fingerprint density at radius 3 is 3.00 bits per heavy atom. The van der Waals surface area contributed by atoms with Gasteiger partial charge < -0.3 is 0 Å². The van der Waals surface area contributed by atoms with Crippen molar-refractivity contribution in [3.8, 4) is 0 Å². The van der Waals surface area contributed by atoms with Crippen LogP contribution in [0.5, 0.6) is 0 Å². The predicted octanol–water partition coefficient (Wildman–Crippen LogP) is 1.09. The Hall–Kier alpha value is -0.830. The van der Waals surface area contributed by atoms with Gasteiger partial charge in [0, 0.05) is 16.9 Å². The van der Waals surface area contributed by atoms with Crippen LogP contribution in [0, 0.1) is 0 Å². The molecule has 0 radical (unpaired) electrons. The van der Waals surface area contributed by atoms with E-state index in [9.17, 15) is 9.59 Å². The fourth-order valence-corrected chi connectivity index (χ4v) is 2.14. The Morgan fingerprint density at radius 1 is 1.36 bits per heavy atom. The first-order chi connectivity index (χ1) is 5.27. The molecule has 2 aliphatic rings. The van der Waals surface area contributed by atoms with E-state index in [1.165, 1.54) is 17.8 Å². The molecule has 0 aromatic heterocycles. The zero-order chi connectivity index (χ0) is 7.84. The van der Waals surface area contributed by atoms with Crippen molar-refractivity contribution in [2.75, 3.05) is 5.75 Å². The fourth-order valence-electron chi connectivity index (χ4n) is 1.17. The van der Waals surface area contributed by atoms with Crippen molar-refractivity contribution >= 4 is 23.3 Å². The van der Waals surface area contributed by atoms with Gasteiger partial charge in [-0.2, -0.15) is 0 Å². The number of thioether (sulfide) groups is 1. The number of hydrogen-bond donors (Lipinski definition) is 0. The van der Waals surface area contributed by atoms with E-state index in [4.69, 9.17) is 0 Å². The van der Waals surface area contributed by atoms with Gasteiger partial charge in [-0.1, -0.05) is 6.08 Å². The molecular weight excluding hydrogens is 160 g/mol. The van der Waals surface area contributed by atoms with Crippen molar-refractivity contribution in [3.63, 3.8) is 0 Å². The molecule has 1 aliphatic carbocycles. The first kappa shape index (κ1) is 6.85. The number of allylic oxidation sites excluding steroid dienone is 3. The molecule has 3 heteroatoms. The normalized spacial score (nSPS) is 22.9. The van der Waals surface area contributed by atoms with Crippen LogP contribution in [0.15, 0.2) is 22.6 Å². The minimum Gasteiger partial charge on any atom is -0.294 e. The Kier molecular flexibility index (Phi) is 1.46. The van der Waals surface area contributed by atoms with Crippen molar-refractivity contribution in [3.05, 3.63) is 22.6 Å². The molecule has 11 heavy (non-hydrogen) atoms. The molecule has 1 saturated heterocycles. The molecule has 0 amide bonds. The molecule has 0 aromatic rings. The average Bonchev–Trinajstić information content (AvgIpc) is 2.33. The Labute approximate surface area is 68.3 Å². The lowest BCUT2D eigenvalue weighted by atomic mass is 10.0. The summed E-state index contributed by atoms with van der Waals surface area (Å²) in [5.74, 6) is 0.638. The minimum atomic E-state index is 0.0413. The summed E-state index contributed by atoms with van der Waals surface area (Å²) in [4.78, 5) is 22.9. The highest BCUT2D eigenvalue weighted by molar-refractivity contribution is 8.04. The summed E-state index contributed by atoms with van der Waals surface area (Å²) in [5.41, 5.74) is 0.631. The van der Waals surface area contributed by atoms with Crippen LogP contribution in [-0.4, -0.2) is 17.3 Å². The number of ketones is 2. The SMILES string of the molecule is O=C1C=C2C(=O)CSC2=CC1. The Morgan fingerprint density at radius 2 is 2.18 bits per heavy atom. The van der Waals surface area contributed by atoms with E-state index in [0.29, 0.717) is 17.7 Å². The molecule has 0 atom stereocenters. The van der Waals surface area contributed by atoms with Crippen molar-refractivity contribution in [1.82, 2.24) is 0 Å². The molecule has 0 N–H and O–H groups in total. The summed E-state index contributed by atoms with van der Waals surface area (Å²) in [5, 5.41) is 0. The van der Waals surface area contributed by atoms with Crippen molar-refractivity contribution in [2.24, 2.45) is 0 Å². The van der Waals surface area contributed by atoms with E-state index in [1.807, 2.05) is 6.08 Å². The topological polar surface area (TPSA) is 34.1 Å². The summed E-state index contributed by atoms with van der Waals surface area (Å²) in [6, 6.07) is 0. The highest BCUT2D eigenvalue weighted by Gasteiger charge is 2.26. The van der Waals surface area contributed by atoms with Crippen molar-refractivity contribution in [1.29, 1.82) is 0 Å². The van der Waals surface area contributed by atoms with Crippen LogP contribution in [0.1, 0.15) is 6.42 Å². The minimum absolute atomic E-state index is 0.0413. The average molecular weight is 166 g/mol. The first-order valence-electron chi connectivity index (χ1n) is 3.38. The third-order valence-corrected chi connectivity index (χ3v) is 2.82. The maximum absolute atomic E-state index is 11.1. The van der Waals surface area contributed by atoms with Crippen LogP contribution in [-0.2, 0) is 9.59 Å². The van der Waals surface area contributed by atoms with Crippen LogP contribution in [0.2, 0.25) is 0 Å². The second kappa shape index (κ2) is 2.34. The molecule has 1 aliphatic heterocycles. The van der Waals surface area contributed by atoms with Gasteiger partial charge in [0.05, 0.1) is 5.75 Å². The molecule has 1 heterocycles. The number of hydrogen-bond acceptors (Lipinski definition) is 3. The van der Waals surface area contributed by atoms with Gasteiger partial charge >= 0.3 is 0 Å². The summed E-state index contributed by atoms with van der Waals surface area (Å²) in [7, 11) is 0. The molecule has 0 saturated carbocycles. The van der Waals surface area contributed by atoms with E-state index in [-0.39, 0.29) is 11.6 Å². The Balaban J connectivity index is 2.44. The van der Waals surface area contributed by atoms with E-state index >= 15 is 0 Å². The zero-order valence-electron chi connectivity index (χ0n) is 5.79. The fraction of sp³-hybridized carbons (Fsp3) is 0.250. The molecule has 0 spiro atoms. The van der Waals surface area contributed by atoms with Crippen LogP contribution >= 0.6 is 11.8 Å². The number of carbonyl (C=O) groups is 2. The number of Topliss-reactive ketones (excluding diaryl/α,β-unsaturated/α-hetero) is 1. The van der Waals surface area contributed by atoms with Gasteiger partial charge in [0.2, 0.25) is 0 Å². The van der Waals surface area contributed by atoms with Gasteiger partial charge in [-0.25, -0.2) is 0 Å². The summed E-state index contributed by atoms with van der Waals surface area (Å²) in [6.45, 7) is 0.